The van der Waals surface area contributed by atoms with E-state index in [0.29, 0.717) is 0 Å². The molecule has 2 rings (SSSR count). The van der Waals surface area contributed by atoms with E-state index in [2.05, 4.69) is 10.6 Å². The summed E-state index contributed by atoms with van der Waals surface area (Å²) < 4.78 is 24.4. The van der Waals surface area contributed by atoms with Gasteiger partial charge in [0.25, 0.3) is 0 Å². The Hall–Kier alpha value is -2.34. The topological polar surface area (TPSA) is 75.3 Å². The van der Waals surface area contributed by atoms with Crippen molar-refractivity contribution >= 4 is 15.9 Å². The first-order valence-corrected chi connectivity index (χ1v) is 9.92. The lowest BCUT2D eigenvalue weighted by Gasteiger charge is -2.23. The van der Waals surface area contributed by atoms with E-state index < -0.39 is 9.84 Å². The van der Waals surface area contributed by atoms with Gasteiger partial charge in [-0.1, -0.05) is 62.4 Å². The molecule has 25 heavy (non-hydrogen) atoms. The Morgan fingerprint density at radius 1 is 0.960 bits per heavy atom. The van der Waals surface area contributed by atoms with Gasteiger partial charge in [-0.25, -0.2) is 13.2 Å². The van der Waals surface area contributed by atoms with Crippen LogP contribution < -0.4 is 10.6 Å². The number of hydrogen-bond donors (Lipinski definition) is 2. The highest BCUT2D eigenvalue weighted by atomic mass is 32.2. The molecule has 2 aromatic carbocycles. The molecule has 0 fully saturated rings. The number of hydrogen-bond acceptors (Lipinski definition) is 3. The van der Waals surface area contributed by atoms with Crippen LogP contribution in [0.15, 0.2) is 65.6 Å². The molecule has 134 valence electrons. The number of nitrogens with one attached hydrogen (secondary N) is 2. The SMILES string of the molecule is CC(C)C(NC(=O)NCCS(=O)(=O)c1ccccc1)c1ccccc1. The summed E-state index contributed by atoms with van der Waals surface area (Å²) in [4.78, 5) is 12.4. The summed E-state index contributed by atoms with van der Waals surface area (Å²) in [6.07, 6.45) is 0. The number of rotatable bonds is 7. The normalized spacial score (nSPS) is 12.6. The molecule has 0 heterocycles. The van der Waals surface area contributed by atoms with E-state index in [-0.39, 0.29) is 35.2 Å². The maximum atomic E-state index is 12.2. The van der Waals surface area contributed by atoms with Crippen LogP contribution in [-0.4, -0.2) is 26.7 Å². The Labute approximate surface area is 149 Å². The summed E-state index contributed by atoms with van der Waals surface area (Å²) in [7, 11) is -3.40. The number of urea groups is 1. The van der Waals surface area contributed by atoms with Crippen LogP contribution >= 0.6 is 0 Å². The molecule has 0 saturated carbocycles. The van der Waals surface area contributed by atoms with Crippen LogP contribution in [0, 0.1) is 5.92 Å². The summed E-state index contributed by atoms with van der Waals surface area (Å²) in [6, 6.07) is 17.4. The van der Waals surface area contributed by atoms with E-state index in [1.165, 1.54) is 0 Å². The lowest BCUT2D eigenvalue weighted by Crippen LogP contribution is -2.41. The first-order chi connectivity index (χ1) is 11.9. The van der Waals surface area contributed by atoms with Gasteiger partial charge in [0.2, 0.25) is 0 Å². The van der Waals surface area contributed by atoms with Gasteiger partial charge in [-0.3, -0.25) is 0 Å². The summed E-state index contributed by atoms with van der Waals surface area (Å²) in [5.74, 6) is 0.0727. The van der Waals surface area contributed by atoms with Crippen molar-refractivity contribution in [1.29, 1.82) is 0 Å². The summed E-state index contributed by atoms with van der Waals surface area (Å²) in [5.41, 5.74) is 1.02. The maximum absolute atomic E-state index is 12.2. The fraction of sp³-hybridized carbons (Fsp3) is 0.316. The predicted octanol–water partition coefficient (Wildman–Crippen LogP) is 3.16. The molecular weight excluding hydrogens is 336 g/mol. The zero-order valence-corrected chi connectivity index (χ0v) is 15.3. The quantitative estimate of drug-likeness (QED) is 0.796. The zero-order valence-electron chi connectivity index (χ0n) is 14.5. The fourth-order valence-corrected chi connectivity index (χ4v) is 3.71. The van der Waals surface area contributed by atoms with Crippen LogP contribution in [0.4, 0.5) is 4.79 Å². The van der Waals surface area contributed by atoms with Crippen LogP contribution in [0.2, 0.25) is 0 Å². The highest BCUT2D eigenvalue weighted by Gasteiger charge is 2.19. The van der Waals surface area contributed by atoms with Crippen LogP contribution in [0.5, 0.6) is 0 Å². The molecule has 0 saturated heterocycles. The molecule has 0 spiro atoms. The van der Waals surface area contributed by atoms with Crippen molar-refractivity contribution < 1.29 is 13.2 Å². The van der Waals surface area contributed by atoms with E-state index in [1.807, 2.05) is 44.2 Å². The highest BCUT2D eigenvalue weighted by molar-refractivity contribution is 7.91. The number of benzene rings is 2. The second-order valence-corrected chi connectivity index (χ2v) is 8.27. The number of amides is 2. The zero-order chi connectivity index (χ0) is 18.3. The predicted molar refractivity (Wildman–Crippen MR) is 99.1 cm³/mol. The van der Waals surface area contributed by atoms with Crippen LogP contribution in [-0.2, 0) is 9.84 Å². The molecule has 0 aliphatic heterocycles. The van der Waals surface area contributed by atoms with E-state index in [4.69, 9.17) is 0 Å². The van der Waals surface area contributed by atoms with Gasteiger partial charge in [-0.15, -0.1) is 0 Å². The minimum atomic E-state index is -3.40. The average Bonchev–Trinajstić information content (AvgIpc) is 2.61. The first-order valence-electron chi connectivity index (χ1n) is 8.27. The first kappa shape index (κ1) is 19.0. The van der Waals surface area contributed by atoms with Crippen LogP contribution in [0.1, 0.15) is 25.5 Å². The third-order valence-corrected chi connectivity index (χ3v) is 5.60. The molecule has 2 aromatic rings. The molecule has 2 N–H and O–H groups in total. The lowest BCUT2D eigenvalue weighted by atomic mass is 9.96. The van der Waals surface area contributed by atoms with Crippen molar-refractivity contribution in [2.45, 2.75) is 24.8 Å². The van der Waals surface area contributed by atoms with Gasteiger partial charge in [0.15, 0.2) is 9.84 Å². The molecule has 5 nitrogen and oxygen atoms in total. The summed E-state index contributed by atoms with van der Waals surface area (Å²) in [6.45, 7) is 4.11. The molecule has 0 aromatic heterocycles. The summed E-state index contributed by atoms with van der Waals surface area (Å²) in [5, 5.41) is 5.55. The van der Waals surface area contributed by atoms with Crippen molar-refractivity contribution in [2.24, 2.45) is 5.92 Å². The maximum Gasteiger partial charge on any atom is 0.315 e. The minimum Gasteiger partial charge on any atom is -0.337 e. The lowest BCUT2D eigenvalue weighted by molar-refractivity contribution is 0.233. The average molecular weight is 360 g/mol. The Morgan fingerprint density at radius 2 is 1.52 bits per heavy atom. The number of carbonyl (C=O) groups is 1. The smallest absolute Gasteiger partial charge is 0.315 e. The van der Waals surface area contributed by atoms with Gasteiger partial charge in [-0.05, 0) is 23.6 Å². The minimum absolute atomic E-state index is 0.0582. The number of sulfone groups is 1. The Kier molecular flexibility index (Phi) is 6.58. The van der Waals surface area contributed by atoms with Gasteiger partial charge >= 0.3 is 6.03 Å². The van der Waals surface area contributed by atoms with Gasteiger partial charge in [-0.2, -0.15) is 0 Å². The van der Waals surface area contributed by atoms with Crippen molar-refractivity contribution in [1.82, 2.24) is 10.6 Å². The van der Waals surface area contributed by atoms with Crippen LogP contribution in [0.25, 0.3) is 0 Å². The Morgan fingerprint density at radius 3 is 2.08 bits per heavy atom. The van der Waals surface area contributed by atoms with Crippen LogP contribution in [0.3, 0.4) is 0 Å². The largest absolute Gasteiger partial charge is 0.337 e. The molecule has 6 heteroatoms. The number of carbonyl (C=O) groups excluding carboxylic acids is 1. The third kappa shape index (κ3) is 5.60. The Balaban J connectivity index is 1.90. The highest BCUT2D eigenvalue weighted by Crippen LogP contribution is 2.21. The molecule has 0 bridgehead atoms. The van der Waals surface area contributed by atoms with Crippen molar-refractivity contribution in [3.8, 4) is 0 Å². The van der Waals surface area contributed by atoms with E-state index in [9.17, 15) is 13.2 Å². The third-order valence-electron chi connectivity index (χ3n) is 3.87. The van der Waals surface area contributed by atoms with E-state index in [1.54, 1.807) is 30.3 Å². The Bertz CT molecular complexity index is 775. The van der Waals surface area contributed by atoms with E-state index in [0.717, 1.165) is 5.56 Å². The van der Waals surface area contributed by atoms with Gasteiger partial charge < -0.3 is 10.6 Å². The molecule has 0 aliphatic rings. The fourth-order valence-electron chi connectivity index (χ4n) is 2.53. The van der Waals surface area contributed by atoms with Gasteiger partial charge in [0.05, 0.1) is 16.7 Å². The standard InChI is InChI=1S/C19H24N2O3S/c1-15(2)18(16-9-5-3-6-10-16)21-19(22)20-13-14-25(23,24)17-11-7-4-8-12-17/h3-12,15,18H,13-14H2,1-2H3,(H2,20,21,22). The van der Waals surface area contributed by atoms with Gasteiger partial charge in [0.1, 0.15) is 0 Å². The van der Waals surface area contributed by atoms with Gasteiger partial charge in [0, 0.05) is 6.54 Å². The molecule has 1 unspecified atom stereocenters. The molecule has 1 atom stereocenters. The molecular formula is C19H24N2O3S. The second-order valence-electron chi connectivity index (χ2n) is 6.16. The van der Waals surface area contributed by atoms with E-state index >= 15 is 0 Å². The monoisotopic (exact) mass is 360 g/mol. The second kappa shape index (κ2) is 8.67. The molecule has 2 amide bonds. The molecule has 0 radical (unpaired) electrons. The summed E-state index contributed by atoms with van der Waals surface area (Å²) >= 11 is 0. The van der Waals surface area contributed by atoms with Crippen molar-refractivity contribution in [3.05, 3.63) is 66.2 Å². The van der Waals surface area contributed by atoms with Crippen molar-refractivity contribution in [2.75, 3.05) is 12.3 Å². The molecule has 0 aliphatic carbocycles. The van der Waals surface area contributed by atoms with Crippen molar-refractivity contribution in [3.63, 3.8) is 0 Å².